The topological polar surface area (TPSA) is 60.4 Å². The lowest BCUT2D eigenvalue weighted by Gasteiger charge is -2.18. The molecule has 1 aliphatic rings. The highest BCUT2D eigenvalue weighted by Crippen LogP contribution is 2.21. The molecule has 0 amide bonds. The molecule has 1 atom stereocenters. The van der Waals surface area contributed by atoms with Gasteiger partial charge in [-0.05, 0) is 13.3 Å². The van der Waals surface area contributed by atoms with Gasteiger partial charge in [-0.15, -0.1) is 0 Å². The van der Waals surface area contributed by atoms with Gasteiger partial charge in [0.25, 0.3) is 0 Å². The Balaban J connectivity index is 2.41. The molecule has 1 rings (SSSR count). The van der Waals surface area contributed by atoms with Crippen LogP contribution >= 0.6 is 0 Å². The summed E-state index contributed by atoms with van der Waals surface area (Å²) in [5.41, 5.74) is 0. The second-order valence-electron chi connectivity index (χ2n) is 3.43. The van der Waals surface area contributed by atoms with Crippen LogP contribution in [0.15, 0.2) is 0 Å². The van der Waals surface area contributed by atoms with Gasteiger partial charge >= 0.3 is 5.97 Å². The van der Waals surface area contributed by atoms with Crippen molar-refractivity contribution in [3.63, 3.8) is 0 Å². The Bertz CT molecular complexity index is 257. The molecule has 0 aliphatic heterocycles. The van der Waals surface area contributed by atoms with E-state index in [2.05, 4.69) is 0 Å². The summed E-state index contributed by atoms with van der Waals surface area (Å²) in [6, 6.07) is 0. The van der Waals surface area contributed by atoms with E-state index in [-0.39, 0.29) is 36.3 Å². The number of hydrogen-bond acceptors (Lipinski definition) is 4. The first-order valence-corrected chi connectivity index (χ1v) is 4.83. The Morgan fingerprint density at radius 1 is 1.50 bits per heavy atom. The molecule has 4 nitrogen and oxygen atoms in total. The van der Waals surface area contributed by atoms with Crippen molar-refractivity contribution in [3.05, 3.63) is 0 Å². The van der Waals surface area contributed by atoms with E-state index in [0.29, 0.717) is 19.4 Å². The number of rotatable bonds is 3. The van der Waals surface area contributed by atoms with Gasteiger partial charge < -0.3 is 4.74 Å². The van der Waals surface area contributed by atoms with Gasteiger partial charge in [0, 0.05) is 12.3 Å². The van der Waals surface area contributed by atoms with Crippen LogP contribution in [-0.4, -0.2) is 24.1 Å². The molecule has 0 aromatic carbocycles. The van der Waals surface area contributed by atoms with Crippen LogP contribution in [0.4, 0.5) is 0 Å². The molecule has 78 valence electrons. The fraction of sp³-hybridized carbons (Fsp3) is 0.700. The molecule has 0 aromatic rings. The van der Waals surface area contributed by atoms with Gasteiger partial charge in [-0.3, -0.25) is 14.4 Å². The monoisotopic (exact) mass is 198 g/mol. The number of ketones is 2. The smallest absolute Gasteiger partial charge is 0.306 e. The van der Waals surface area contributed by atoms with Crippen LogP contribution in [0.25, 0.3) is 0 Å². The normalized spacial score (nSPS) is 22.2. The predicted molar refractivity (Wildman–Crippen MR) is 48.6 cm³/mol. The number of Topliss-reactive ketones (excluding diaryl/α,β-unsaturated/α-hetero) is 2. The molecule has 0 saturated heterocycles. The standard InChI is InChI=1S/C10H14O4/c1-2-14-10(13)5-7-3-4-8(11)6-9(7)12/h7H,2-6H2,1H3. The van der Waals surface area contributed by atoms with Gasteiger partial charge in [0.05, 0.1) is 19.4 Å². The number of esters is 1. The summed E-state index contributed by atoms with van der Waals surface area (Å²) in [6.45, 7) is 2.06. The fourth-order valence-electron chi connectivity index (χ4n) is 1.56. The van der Waals surface area contributed by atoms with Crippen LogP contribution in [0.1, 0.15) is 32.6 Å². The quantitative estimate of drug-likeness (QED) is 0.499. The first-order chi connectivity index (χ1) is 6.63. The maximum absolute atomic E-state index is 11.3. The van der Waals surface area contributed by atoms with E-state index >= 15 is 0 Å². The maximum atomic E-state index is 11.3. The third-order valence-electron chi connectivity index (χ3n) is 2.32. The maximum Gasteiger partial charge on any atom is 0.306 e. The van der Waals surface area contributed by atoms with Crippen LogP contribution in [0.5, 0.6) is 0 Å². The van der Waals surface area contributed by atoms with Gasteiger partial charge in [-0.1, -0.05) is 0 Å². The zero-order valence-electron chi connectivity index (χ0n) is 8.25. The summed E-state index contributed by atoms with van der Waals surface area (Å²) in [5, 5.41) is 0. The molecule has 1 unspecified atom stereocenters. The van der Waals surface area contributed by atoms with Crippen LogP contribution in [0, 0.1) is 5.92 Å². The Labute approximate surface area is 82.6 Å². The van der Waals surface area contributed by atoms with E-state index in [0.717, 1.165) is 0 Å². The highest BCUT2D eigenvalue weighted by Gasteiger charge is 2.28. The molecular weight excluding hydrogens is 184 g/mol. The van der Waals surface area contributed by atoms with Crippen LogP contribution in [0.3, 0.4) is 0 Å². The Morgan fingerprint density at radius 3 is 2.79 bits per heavy atom. The minimum Gasteiger partial charge on any atom is -0.466 e. The molecule has 4 heteroatoms. The SMILES string of the molecule is CCOC(=O)CC1CCC(=O)CC1=O. The van der Waals surface area contributed by atoms with Gasteiger partial charge in [-0.25, -0.2) is 0 Å². The van der Waals surface area contributed by atoms with Crippen LogP contribution in [0.2, 0.25) is 0 Å². The number of carbonyl (C=O) groups excluding carboxylic acids is 3. The second-order valence-corrected chi connectivity index (χ2v) is 3.43. The van der Waals surface area contributed by atoms with Gasteiger partial charge in [0.15, 0.2) is 0 Å². The molecule has 0 N–H and O–H groups in total. The largest absolute Gasteiger partial charge is 0.466 e. The highest BCUT2D eigenvalue weighted by atomic mass is 16.5. The lowest BCUT2D eigenvalue weighted by molar-refractivity contribution is -0.147. The third-order valence-corrected chi connectivity index (χ3v) is 2.32. The number of hydrogen-bond donors (Lipinski definition) is 0. The average molecular weight is 198 g/mol. The summed E-state index contributed by atoms with van der Waals surface area (Å²) < 4.78 is 4.74. The molecule has 1 fully saturated rings. The zero-order valence-corrected chi connectivity index (χ0v) is 8.25. The summed E-state index contributed by atoms with van der Waals surface area (Å²) in [4.78, 5) is 33.3. The lowest BCUT2D eigenvalue weighted by atomic mass is 9.85. The Morgan fingerprint density at radius 2 is 2.21 bits per heavy atom. The van der Waals surface area contributed by atoms with Crippen LogP contribution in [-0.2, 0) is 19.1 Å². The van der Waals surface area contributed by atoms with Crippen LogP contribution < -0.4 is 0 Å². The van der Waals surface area contributed by atoms with E-state index in [9.17, 15) is 14.4 Å². The number of ether oxygens (including phenoxy) is 1. The predicted octanol–water partition coefficient (Wildman–Crippen LogP) is 0.878. The molecular formula is C10H14O4. The first kappa shape index (κ1) is 10.9. The summed E-state index contributed by atoms with van der Waals surface area (Å²) in [6.07, 6.45) is 1.02. The summed E-state index contributed by atoms with van der Waals surface area (Å²) in [5.74, 6) is -0.781. The molecule has 1 aliphatic carbocycles. The molecule has 0 heterocycles. The van der Waals surface area contributed by atoms with Gasteiger partial charge in [0.2, 0.25) is 0 Å². The van der Waals surface area contributed by atoms with Crippen molar-refractivity contribution in [2.24, 2.45) is 5.92 Å². The molecule has 14 heavy (non-hydrogen) atoms. The Hall–Kier alpha value is -1.19. The first-order valence-electron chi connectivity index (χ1n) is 4.83. The third kappa shape index (κ3) is 2.94. The molecule has 0 aromatic heterocycles. The van der Waals surface area contributed by atoms with Crippen molar-refractivity contribution in [2.45, 2.75) is 32.6 Å². The minimum absolute atomic E-state index is 0.00985. The van der Waals surface area contributed by atoms with Crippen molar-refractivity contribution in [2.75, 3.05) is 6.61 Å². The molecule has 1 saturated carbocycles. The molecule has 0 bridgehead atoms. The van der Waals surface area contributed by atoms with Crippen molar-refractivity contribution in [1.29, 1.82) is 0 Å². The van der Waals surface area contributed by atoms with Gasteiger partial charge in [0.1, 0.15) is 11.6 Å². The lowest BCUT2D eigenvalue weighted by Crippen LogP contribution is -2.27. The number of carbonyl (C=O) groups is 3. The van der Waals surface area contributed by atoms with E-state index in [4.69, 9.17) is 4.74 Å². The van der Waals surface area contributed by atoms with E-state index < -0.39 is 0 Å². The van der Waals surface area contributed by atoms with Crippen molar-refractivity contribution in [3.8, 4) is 0 Å². The highest BCUT2D eigenvalue weighted by molar-refractivity contribution is 6.03. The average Bonchev–Trinajstić information content (AvgIpc) is 2.10. The Kier molecular flexibility index (Phi) is 3.80. The fourth-order valence-corrected chi connectivity index (χ4v) is 1.56. The van der Waals surface area contributed by atoms with Crippen molar-refractivity contribution in [1.82, 2.24) is 0 Å². The van der Waals surface area contributed by atoms with E-state index in [1.807, 2.05) is 0 Å². The second kappa shape index (κ2) is 4.88. The summed E-state index contributed by atoms with van der Waals surface area (Å²) in [7, 11) is 0. The molecule has 0 radical (unpaired) electrons. The zero-order chi connectivity index (χ0) is 10.6. The summed E-state index contributed by atoms with van der Waals surface area (Å²) >= 11 is 0. The van der Waals surface area contributed by atoms with Gasteiger partial charge in [-0.2, -0.15) is 0 Å². The molecule has 0 spiro atoms. The minimum atomic E-state index is -0.347. The van der Waals surface area contributed by atoms with Crippen molar-refractivity contribution < 1.29 is 19.1 Å². The van der Waals surface area contributed by atoms with Crippen molar-refractivity contribution >= 4 is 17.5 Å². The van der Waals surface area contributed by atoms with E-state index in [1.54, 1.807) is 6.92 Å². The van der Waals surface area contributed by atoms with E-state index in [1.165, 1.54) is 0 Å².